The first kappa shape index (κ1) is 13.0. The summed E-state index contributed by atoms with van der Waals surface area (Å²) < 4.78 is 0. The lowest BCUT2D eigenvalue weighted by molar-refractivity contribution is 0.101. The van der Waals surface area contributed by atoms with Crippen LogP contribution >= 0.6 is 0 Å². The lowest BCUT2D eigenvalue weighted by Crippen LogP contribution is -2.34. The molecule has 0 bridgehead atoms. The molecule has 0 aromatic carbocycles. The Morgan fingerprint density at radius 2 is 2.17 bits per heavy atom. The molecular formula is C14H21N3O. The van der Waals surface area contributed by atoms with Crippen molar-refractivity contribution >= 4 is 11.6 Å². The summed E-state index contributed by atoms with van der Waals surface area (Å²) in [6.45, 7) is 5.83. The fraction of sp³-hybridized carbons (Fsp3) is 0.571. The van der Waals surface area contributed by atoms with Gasteiger partial charge in [-0.05, 0) is 39.1 Å². The summed E-state index contributed by atoms with van der Waals surface area (Å²) in [5.74, 6) is 1.62. The number of rotatable bonds is 3. The first-order valence-corrected chi connectivity index (χ1v) is 6.37. The lowest BCUT2D eigenvalue weighted by Gasteiger charge is -2.22. The Labute approximate surface area is 109 Å². The zero-order chi connectivity index (χ0) is 13.3. The SMILES string of the molecule is CC(=O)c1ccnc(N2CC(C)C(N(C)C)C2)c1. The summed E-state index contributed by atoms with van der Waals surface area (Å²) in [6.07, 6.45) is 1.72. The number of pyridine rings is 1. The van der Waals surface area contributed by atoms with Crippen LogP contribution in [0.4, 0.5) is 5.82 Å². The van der Waals surface area contributed by atoms with Crippen LogP contribution in [-0.2, 0) is 0 Å². The third kappa shape index (κ3) is 2.53. The second kappa shape index (κ2) is 5.06. The van der Waals surface area contributed by atoms with E-state index in [1.807, 2.05) is 6.07 Å². The largest absolute Gasteiger partial charge is 0.355 e. The number of Topliss-reactive ketones (excluding diaryl/α,β-unsaturated/α-hetero) is 1. The smallest absolute Gasteiger partial charge is 0.159 e. The van der Waals surface area contributed by atoms with Gasteiger partial charge in [0.2, 0.25) is 0 Å². The van der Waals surface area contributed by atoms with Crippen molar-refractivity contribution in [3.63, 3.8) is 0 Å². The Bertz CT molecular complexity index is 444. The van der Waals surface area contributed by atoms with Gasteiger partial charge in [0.25, 0.3) is 0 Å². The van der Waals surface area contributed by atoms with E-state index in [0.29, 0.717) is 12.0 Å². The van der Waals surface area contributed by atoms with E-state index in [2.05, 4.69) is 35.8 Å². The molecule has 18 heavy (non-hydrogen) atoms. The van der Waals surface area contributed by atoms with Crippen molar-refractivity contribution in [3.8, 4) is 0 Å². The van der Waals surface area contributed by atoms with Crippen LogP contribution < -0.4 is 4.90 Å². The molecule has 1 aliphatic rings. The average Bonchev–Trinajstić information content (AvgIpc) is 2.71. The van der Waals surface area contributed by atoms with Crippen molar-refractivity contribution in [2.45, 2.75) is 19.9 Å². The van der Waals surface area contributed by atoms with Crippen LogP contribution in [0.25, 0.3) is 0 Å². The summed E-state index contributed by atoms with van der Waals surface area (Å²) in [7, 11) is 4.23. The molecule has 0 spiro atoms. The average molecular weight is 247 g/mol. The number of likely N-dealkylation sites (N-methyl/N-ethyl adjacent to an activating group) is 1. The van der Waals surface area contributed by atoms with Crippen molar-refractivity contribution in [1.82, 2.24) is 9.88 Å². The van der Waals surface area contributed by atoms with Gasteiger partial charge in [0.15, 0.2) is 5.78 Å². The molecule has 0 aliphatic carbocycles. The Morgan fingerprint density at radius 1 is 1.44 bits per heavy atom. The maximum Gasteiger partial charge on any atom is 0.159 e. The summed E-state index contributed by atoms with van der Waals surface area (Å²) >= 11 is 0. The summed E-state index contributed by atoms with van der Waals surface area (Å²) in [5, 5.41) is 0. The van der Waals surface area contributed by atoms with Crippen molar-refractivity contribution < 1.29 is 4.79 Å². The van der Waals surface area contributed by atoms with Gasteiger partial charge in [-0.25, -0.2) is 4.98 Å². The monoisotopic (exact) mass is 247 g/mol. The molecule has 4 heteroatoms. The summed E-state index contributed by atoms with van der Waals surface area (Å²) in [4.78, 5) is 20.3. The molecule has 0 amide bonds. The van der Waals surface area contributed by atoms with Gasteiger partial charge in [-0.3, -0.25) is 4.79 Å². The fourth-order valence-corrected chi connectivity index (χ4v) is 2.62. The molecule has 1 saturated heterocycles. The Balaban J connectivity index is 2.18. The molecule has 4 nitrogen and oxygen atoms in total. The van der Waals surface area contributed by atoms with Gasteiger partial charge >= 0.3 is 0 Å². The molecular weight excluding hydrogens is 226 g/mol. The van der Waals surface area contributed by atoms with Gasteiger partial charge in [-0.15, -0.1) is 0 Å². The zero-order valence-electron chi connectivity index (χ0n) is 11.6. The minimum atomic E-state index is 0.0926. The number of carbonyl (C=O) groups excluding carboxylic acids is 1. The van der Waals surface area contributed by atoms with Crippen molar-refractivity contribution in [2.24, 2.45) is 5.92 Å². The van der Waals surface area contributed by atoms with Gasteiger partial charge in [0.1, 0.15) is 5.82 Å². The lowest BCUT2D eigenvalue weighted by atomic mass is 10.1. The normalized spacial score (nSPS) is 23.7. The quantitative estimate of drug-likeness (QED) is 0.761. The number of aromatic nitrogens is 1. The number of carbonyl (C=O) groups is 1. The van der Waals surface area contributed by atoms with E-state index in [4.69, 9.17) is 0 Å². The summed E-state index contributed by atoms with van der Waals surface area (Å²) in [5.41, 5.74) is 0.737. The number of nitrogens with zero attached hydrogens (tertiary/aromatic N) is 3. The Hall–Kier alpha value is -1.42. The standard InChI is InChI=1S/C14H21N3O/c1-10-8-17(9-13(10)16(3)4)14-7-12(11(2)18)5-6-15-14/h5-7,10,13H,8-9H2,1-4H3. The highest BCUT2D eigenvalue weighted by atomic mass is 16.1. The first-order chi connectivity index (χ1) is 8.49. The molecule has 2 rings (SSSR count). The highest BCUT2D eigenvalue weighted by molar-refractivity contribution is 5.94. The van der Waals surface area contributed by atoms with E-state index in [1.165, 1.54) is 0 Å². The number of anilines is 1. The van der Waals surface area contributed by atoms with E-state index in [-0.39, 0.29) is 5.78 Å². The van der Waals surface area contributed by atoms with E-state index in [9.17, 15) is 4.79 Å². The molecule has 0 saturated carbocycles. The highest BCUT2D eigenvalue weighted by Gasteiger charge is 2.31. The summed E-state index contributed by atoms with van der Waals surface area (Å²) in [6, 6.07) is 4.22. The molecule has 98 valence electrons. The van der Waals surface area contributed by atoms with Gasteiger partial charge in [-0.1, -0.05) is 6.92 Å². The van der Waals surface area contributed by atoms with Crippen LogP contribution in [0, 0.1) is 5.92 Å². The number of ketones is 1. The minimum Gasteiger partial charge on any atom is -0.355 e. The fourth-order valence-electron chi connectivity index (χ4n) is 2.62. The molecule has 2 atom stereocenters. The first-order valence-electron chi connectivity index (χ1n) is 6.37. The third-order valence-corrected chi connectivity index (χ3v) is 3.71. The maximum absolute atomic E-state index is 11.4. The Kier molecular flexibility index (Phi) is 3.66. The highest BCUT2D eigenvalue weighted by Crippen LogP contribution is 2.25. The van der Waals surface area contributed by atoms with E-state index < -0.39 is 0 Å². The minimum absolute atomic E-state index is 0.0926. The molecule has 1 fully saturated rings. The van der Waals surface area contributed by atoms with Gasteiger partial charge < -0.3 is 9.80 Å². The van der Waals surface area contributed by atoms with Gasteiger partial charge in [0.05, 0.1) is 0 Å². The van der Waals surface area contributed by atoms with Crippen molar-refractivity contribution in [2.75, 3.05) is 32.1 Å². The maximum atomic E-state index is 11.4. The van der Waals surface area contributed by atoms with Crippen LogP contribution in [0.15, 0.2) is 18.3 Å². The van der Waals surface area contributed by atoms with E-state index in [0.717, 1.165) is 24.5 Å². The van der Waals surface area contributed by atoms with Crippen molar-refractivity contribution in [3.05, 3.63) is 23.9 Å². The molecule has 0 radical (unpaired) electrons. The molecule has 0 N–H and O–H groups in total. The van der Waals surface area contributed by atoms with Crippen LogP contribution in [0.1, 0.15) is 24.2 Å². The molecule has 1 aromatic rings. The molecule has 2 heterocycles. The molecule has 2 unspecified atom stereocenters. The predicted octanol–water partition coefficient (Wildman–Crippen LogP) is 1.67. The van der Waals surface area contributed by atoms with Crippen LogP contribution in [0.5, 0.6) is 0 Å². The third-order valence-electron chi connectivity index (χ3n) is 3.71. The second-order valence-electron chi connectivity index (χ2n) is 5.37. The number of hydrogen-bond acceptors (Lipinski definition) is 4. The topological polar surface area (TPSA) is 36.4 Å². The van der Waals surface area contributed by atoms with Gasteiger partial charge in [-0.2, -0.15) is 0 Å². The molecule has 1 aliphatic heterocycles. The van der Waals surface area contributed by atoms with E-state index in [1.54, 1.807) is 19.2 Å². The number of hydrogen-bond donors (Lipinski definition) is 0. The van der Waals surface area contributed by atoms with Gasteiger partial charge in [0, 0.05) is 30.9 Å². The Morgan fingerprint density at radius 3 is 2.72 bits per heavy atom. The van der Waals surface area contributed by atoms with Crippen LogP contribution in [0.3, 0.4) is 0 Å². The molecule has 1 aromatic heterocycles. The second-order valence-corrected chi connectivity index (χ2v) is 5.37. The van der Waals surface area contributed by atoms with Crippen LogP contribution in [0.2, 0.25) is 0 Å². The van der Waals surface area contributed by atoms with Crippen molar-refractivity contribution in [1.29, 1.82) is 0 Å². The van der Waals surface area contributed by atoms with E-state index >= 15 is 0 Å². The van der Waals surface area contributed by atoms with Crippen LogP contribution in [-0.4, -0.2) is 48.9 Å². The zero-order valence-corrected chi connectivity index (χ0v) is 11.6. The predicted molar refractivity (Wildman–Crippen MR) is 73.1 cm³/mol.